The van der Waals surface area contributed by atoms with Gasteiger partial charge in [0.25, 0.3) is 11.5 Å². The van der Waals surface area contributed by atoms with E-state index in [1.165, 1.54) is 10.6 Å². The van der Waals surface area contributed by atoms with Crippen LogP contribution in [-0.4, -0.2) is 17.1 Å². The summed E-state index contributed by atoms with van der Waals surface area (Å²) in [5, 5.41) is 3.56. The van der Waals surface area contributed by atoms with Crippen LogP contribution < -0.4 is 15.6 Å². The van der Waals surface area contributed by atoms with E-state index in [2.05, 4.69) is 5.32 Å². The number of nitrogens with zero attached hydrogens (tertiary/aromatic N) is 1. The van der Waals surface area contributed by atoms with Gasteiger partial charge in [-0.25, -0.2) is 0 Å². The molecule has 1 amide bonds. The third-order valence-corrected chi connectivity index (χ3v) is 3.82. The van der Waals surface area contributed by atoms with Gasteiger partial charge in [0.05, 0.1) is 17.7 Å². The summed E-state index contributed by atoms with van der Waals surface area (Å²) in [5.74, 6) is 0.433. The van der Waals surface area contributed by atoms with Crippen molar-refractivity contribution >= 4 is 22.5 Å². The molecular weight excluding hydrogens is 304 g/mol. The first kappa shape index (κ1) is 15.8. The first-order valence-corrected chi connectivity index (χ1v) is 7.73. The summed E-state index contributed by atoms with van der Waals surface area (Å²) in [4.78, 5) is 24.7. The van der Waals surface area contributed by atoms with E-state index in [1.807, 2.05) is 31.2 Å². The highest BCUT2D eigenvalue weighted by atomic mass is 16.5. The molecule has 0 radical (unpaired) electrons. The van der Waals surface area contributed by atoms with Crippen molar-refractivity contribution in [3.8, 4) is 5.75 Å². The summed E-state index contributed by atoms with van der Waals surface area (Å²) < 4.78 is 6.91. The summed E-state index contributed by atoms with van der Waals surface area (Å²) in [7, 11) is 1.69. The zero-order chi connectivity index (χ0) is 17.1. The van der Waals surface area contributed by atoms with Gasteiger partial charge in [0.1, 0.15) is 5.75 Å². The molecule has 0 aliphatic carbocycles. The highest BCUT2D eigenvalue weighted by Crippen LogP contribution is 2.19. The molecule has 0 fully saturated rings. The number of hydrogen-bond donors (Lipinski definition) is 1. The van der Waals surface area contributed by atoms with Crippen LogP contribution >= 0.6 is 0 Å². The number of fused-ring (bicyclic) bond motifs is 1. The molecule has 0 saturated heterocycles. The molecule has 1 aromatic heterocycles. The molecule has 1 N–H and O–H groups in total. The highest BCUT2D eigenvalue weighted by molar-refractivity contribution is 6.12. The standard InChI is InChI=1S/C19H18N2O3/c1-3-24-14-10-8-13(9-11-14)20-19(23)16-12-18(22)21(2)17-7-5-4-6-15(16)17/h4-12H,3H2,1-2H3,(H,20,23). The zero-order valence-electron chi connectivity index (χ0n) is 13.6. The van der Waals surface area contributed by atoms with Gasteiger partial charge in [0.15, 0.2) is 0 Å². The van der Waals surface area contributed by atoms with Gasteiger partial charge in [-0.2, -0.15) is 0 Å². The van der Waals surface area contributed by atoms with Crippen LogP contribution in [0.5, 0.6) is 5.75 Å². The van der Waals surface area contributed by atoms with Crippen molar-refractivity contribution in [1.82, 2.24) is 4.57 Å². The quantitative estimate of drug-likeness (QED) is 0.802. The third kappa shape index (κ3) is 3.01. The predicted molar refractivity (Wildman–Crippen MR) is 94.8 cm³/mol. The van der Waals surface area contributed by atoms with Crippen LogP contribution in [0.4, 0.5) is 5.69 Å². The van der Waals surface area contributed by atoms with E-state index in [1.54, 1.807) is 31.3 Å². The van der Waals surface area contributed by atoms with Gasteiger partial charge in [-0.3, -0.25) is 9.59 Å². The molecular formula is C19H18N2O3. The smallest absolute Gasteiger partial charge is 0.256 e. The Labute approximate surface area is 139 Å². The number of benzene rings is 2. The Hall–Kier alpha value is -3.08. The van der Waals surface area contributed by atoms with E-state index in [0.717, 1.165) is 16.7 Å². The molecule has 0 bridgehead atoms. The second-order valence-corrected chi connectivity index (χ2v) is 5.38. The lowest BCUT2D eigenvalue weighted by molar-refractivity contribution is 0.102. The maximum Gasteiger partial charge on any atom is 0.256 e. The van der Waals surface area contributed by atoms with Crippen LogP contribution in [0.1, 0.15) is 17.3 Å². The maximum atomic E-state index is 12.6. The lowest BCUT2D eigenvalue weighted by atomic mass is 10.1. The van der Waals surface area contributed by atoms with E-state index in [0.29, 0.717) is 17.9 Å². The number of ether oxygens (including phenoxy) is 1. The Bertz CT molecular complexity index is 943. The fraction of sp³-hybridized carbons (Fsp3) is 0.158. The van der Waals surface area contributed by atoms with E-state index in [9.17, 15) is 9.59 Å². The molecule has 3 aromatic rings. The van der Waals surface area contributed by atoms with Gasteiger partial charge < -0.3 is 14.6 Å². The fourth-order valence-corrected chi connectivity index (χ4v) is 2.60. The number of carbonyl (C=O) groups is 1. The van der Waals surface area contributed by atoms with Gasteiger partial charge in [0.2, 0.25) is 0 Å². The average Bonchev–Trinajstić information content (AvgIpc) is 2.60. The first-order chi connectivity index (χ1) is 11.6. The van der Waals surface area contributed by atoms with E-state index in [4.69, 9.17) is 4.74 Å². The van der Waals surface area contributed by atoms with Gasteiger partial charge in [-0.1, -0.05) is 18.2 Å². The van der Waals surface area contributed by atoms with Crippen molar-refractivity contribution in [2.45, 2.75) is 6.92 Å². The number of aromatic nitrogens is 1. The average molecular weight is 322 g/mol. The Balaban J connectivity index is 1.94. The molecule has 0 unspecified atom stereocenters. The van der Waals surface area contributed by atoms with Crippen LogP contribution in [0.25, 0.3) is 10.9 Å². The number of carbonyl (C=O) groups excluding carboxylic acids is 1. The lowest BCUT2D eigenvalue weighted by Gasteiger charge is -2.11. The second kappa shape index (κ2) is 6.58. The third-order valence-electron chi connectivity index (χ3n) is 3.82. The van der Waals surface area contributed by atoms with Gasteiger partial charge in [0, 0.05) is 24.2 Å². The summed E-state index contributed by atoms with van der Waals surface area (Å²) in [6.07, 6.45) is 0. The minimum Gasteiger partial charge on any atom is -0.494 e. The molecule has 0 aliphatic heterocycles. The van der Waals surface area contributed by atoms with E-state index >= 15 is 0 Å². The van der Waals surface area contributed by atoms with Crippen molar-refractivity contribution < 1.29 is 9.53 Å². The highest BCUT2D eigenvalue weighted by Gasteiger charge is 2.13. The number of anilines is 1. The number of rotatable bonds is 4. The molecule has 0 saturated carbocycles. The molecule has 2 aromatic carbocycles. The molecule has 122 valence electrons. The Morgan fingerprint density at radius 3 is 2.54 bits per heavy atom. The molecule has 0 aliphatic rings. The summed E-state index contributed by atoms with van der Waals surface area (Å²) in [6, 6.07) is 15.8. The van der Waals surface area contributed by atoms with Crippen molar-refractivity contribution in [3.63, 3.8) is 0 Å². The van der Waals surface area contributed by atoms with Crippen molar-refractivity contribution in [2.75, 3.05) is 11.9 Å². The topological polar surface area (TPSA) is 60.3 Å². The Kier molecular flexibility index (Phi) is 4.33. The summed E-state index contributed by atoms with van der Waals surface area (Å²) in [5.41, 5.74) is 1.52. The number of hydrogen-bond acceptors (Lipinski definition) is 3. The monoisotopic (exact) mass is 322 g/mol. The molecule has 3 rings (SSSR count). The number of pyridine rings is 1. The summed E-state index contributed by atoms with van der Waals surface area (Å²) in [6.45, 7) is 2.50. The van der Waals surface area contributed by atoms with Gasteiger partial charge >= 0.3 is 0 Å². The van der Waals surface area contributed by atoms with Gasteiger partial charge in [-0.05, 0) is 37.3 Å². The summed E-state index contributed by atoms with van der Waals surface area (Å²) >= 11 is 0. The minimum absolute atomic E-state index is 0.217. The number of amides is 1. The lowest BCUT2D eigenvalue weighted by Crippen LogP contribution is -2.21. The Morgan fingerprint density at radius 2 is 1.83 bits per heavy atom. The SMILES string of the molecule is CCOc1ccc(NC(=O)c2cc(=O)n(C)c3ccccc23)cc1. The van der Waals surface area contributed by atoms with Crippen molar-refractivity contribution in [3.05, 3.63) is 70.5 Å². The molecule has 5 heteroatoms. The molecule has 5 nitrogen and oxygen atoms in total. The fourth-order valence-electron chi connectivity index (χ4n) is 2.60. The van der Waals surface area contributed by atoms with E-state index < -0.39 is 0 Å². The van der Waals surface area contributed by atoms with Crippen molar-refractivity contribution in [1.29, 1.82) is 0 Å². The molecule has 0 spiro atoms. The van der Waals surface area contributed by atoms with E-state index in [-0.39, 0.29) is 11.5 Å². The second-order valence-electron chi connectivity index (χ2n) is 5.38. The predicted octanol–water partition coefficient (Wildman–Crippen LogP) is 3.19. The van der Waals surface area contributed by atoms with Crippen LogP contribution in [0.15, 0.2) is 59.4 Å². The first-order valence-electron chi connectivity index (χ1n) is 7.73. The van der Waals surface area contributed by atoms with Crippen LogP contribution in [0.3, 0.4) is 0 Å². The largest absolute Gasteiger partial charge is 0.494 e. The minimum atomic E-state index is -0.312. The van der Waals surface area contributed by atoms with Crippen LogP contribution in [0, 0.1) is 0 Å². The van der Waals surface area contributed by atoms with Crippen LogP contribution in [0.2, 0.25) is 0 Å². The normalized spacial score (nSPS) is 10.6. The maximum absolute atomic E-state index is 12.6. The molecule has 0 atom stereocenters. The van der Waals surface area contributed by atoms with Gasteiger partial charge in [-0.15, -0.1) is 0 Å². The number of aryl methyl sites for hydroxylation is 1. The molecule has 24 heavy (non-hydrogen) atoms. The Morgan fingerprint density at radius 1 is 1.12 bits per heavy atom. The number of para-hydroxylation sites is 1. The van der Waals surface area contributed by atoms with Crippen LogP contribution in [-0.2, 0) is 7.05 Å². The molecule has 1 heterocycles. The number of nitrogens with one attached hydrogen (secondary N) is 1. The van der Waals surface area contributed by atoms with Crippen molar-refractivity contribution in [2.24, 2.45) is 7.05 Å². The zero-order valence-corrected chi connectivity index (χ0v) is 13.6.